The van der Waals surface area contributed by atoms with E-state index in [1.807, 2.05) is 12.4 Å². The number of aromatic nitrogens is 3. The molecule has 0 radical (unpaired) electrons. The second-order valence-corrected chi connectivity index (χ2v) is 9.40. The molecule has 2 fully saturated rings. The first kappa shape index (κ1) is 22.2. The van der Waals surface area contributed by atoms with E-state index in [4.69, 9.17) is 19.4 Å². The van der Waals surface area contributed by atoms with Crippen LogP contribution in [0.5, 0.6) is 5.88 Å². The fourth-order valence-corrected chi connectivity index (χ4v) is 4.79. The Balaban J connectivity index is 1.68. The molecule has 1 saturated heterocycles. The van der Waals surface area contributed by atoms with Crippen LogP contribution in [0.25, 0.3) is 10.9 Å². The van der Waals surface area contributed by atoms with Crippen molar-refractivity contribution in [1.82, 2.24) is 15.0 Å². The van der Waals surface area contributed by atoms with E-state index >= 15 is 0 Å². The molecule has 0 amide bonds. The van der Waals surface area contributed by atoms with Crippen LogP contribution in [-0.4, -0.2) is 50.5 Å². The summed E-state index contributed by atoms with van der Waals surface area (Å²) in [6, 6.07) is 0.300. The van der Waals surface area contributed by atoms with Crippen molar-refractivity contribution in [3.05, 3.63) is 18.0 Å². The van der Waals surface area contributed by atoms with Crippen molar-refractivity contribution in [2.75, 3.05) is 5.32 Å². The topological polar surface area (TPSA) is 89.4 Å². The first-order valence-electron chi connectivity index (χ1n) is 11.8. The molecular formula is C24H36N4O3. The highest BCUT2D eigenvalue weighted by Crippen LogP contribution is 2.38. The number of pyridine rings is 1. The van der Waals surface area contributed by atoms with Crippen molar-refractivity contribution in [2.45, 2.75) is 109 Å². The van der Waals surface area contributed by atoms with Crippen LogP contribution in [0.1, 0.15) is 84.1 Å². The molecule has 1 unspecified atom stereocenters. The third kappa shape index (κ3) is 5.26. The van der Waals surface area contributed by atoms with Crippen LogP contribution in [0, 0.1) is 0 Å². The van der Waals surface area contributed by atoms with Gasteiger partial charge < -0.3 is 19.9 Å². The average molecular weight is 429 g/mol. The van der Waals surface area contributed by atoms with Gasteiger partial charge in [0.05, 0.1) is 29.2 Å². The third-order valence-electron chi connectivity index (χ3n) is 6.67. The first-order chi connectivity index (χ1) is 14.9. The van der Waals surface area contributed by atoms with Gasteiger partial charge in [-0.25, -0.2) is 15.0 Å². The lowest BCUT2D eigenvalue weighted by Crippen LogP contribution is -2.35. The Morgan fingerprint density at radius 1 is 1.13 bits per heavy atom. The predicted molar refractivity (Wildman–Crippen MR) is 122 cm³/mol. The Kier molecular flexibility index (Phi) is 6.92. The average Bonchev–Trinajstić information content (AvgIpc) is 2.74. The summed E-state index contributed by atoms with van der Waals surface area (Å²) in [5.74, 6) is 1.60. The van der Waals surface area contributed by atoms with Crippen LogP contribution in [0.4, 0.5) is 5.95 Å². The van der Waals surface area contributed by atoms with Gasteiger partial charge in [-0.3, -0.25) is 0 Å². The second-order valence-electron chi connectivity index (χ2n) is 9.40. The minimum absolute atomic E-state index is 0.0723. The third-order valence-corrected chi connectivity index (χ3v) is 6.67. The number of ether oxygens (including phenoxy) is 2. The molecule has 2 N–H and O–H groups in total. The summed E-state index contributed by atoms with van der Waals surface area (Å²) < 4.78 is 12.2. The molecule has 2 aromatic heterocycles. The Labute approximate surface area is 185 Å². The maximum Gasteiger partial charge on any atom is 0.224 e. The van der Waals surface area contributed by atoms with Crippen molar-refractivity contribution in [1.29, 1.82) is 0 Å². The van der Waals surface area contributed by atoms with Gasteiger partial charge in [0.25, 0.3) is 0 Å². The molecular weight excluding hydrogens is 392 g/mol. The van der Waals surface area contributed by atoms with Gasteiger partial charge in [0.15, 0.2) is 0 Å². The van der Waals surface area contributed by atoms with Gasteiger partial charge in [0.2, 0.25) is 11.8 Å². The maximum absolute atomic E-state index is 9.95. The van der Waals surface area contributed by atoms with Crippen molar-refractivity contribution in [2.24, 2.45) is 0 Å². The summed E-state index contributed by atoms with van der Waals surface area (Å²) in [7, 11) is 0. The van der Waals surface area contributed by atoms with Gasteiger partial charge >= 0.3 is 0 Å². The fourth-order valence-electron chi connectivity index (χ4n) is 4.79. The van der Waals surface area contributed by atoms with Gasteiger partial charge in [0, 0.05) is 36.8 Å². The smallest absolute Gasteiger partial charge is 0.224 e. The van der Waals surface area contributed by atoms with Gasteiger partial charge in [-0.2, -0.15) is 0 Å². The number of nitrogens with one attached hydrogen (secondary N) is 1. The van der Waals surface area contributed by atoms with Crippen LogP contribution in [-0.2, 0) is 4.74 Å². The molecule has 1 saturated carbocycles. The Bertz CT molecular complexity index is 874. The lowest BCUT2D eigenvalue weighted by molar-refractivity contribution is -0.0726. The molecule has 0 spiro atoms. The Hall–Kier alpha value is -1.99. The highest BCUT2D eigenvalue weighted by molar-refractivity contribution is 5.86. The zero-order valence-corrected chi connectivity index (χ0v) is 19.2. The van der Waals surface area contributed by atoms with Gasteiger partial charge in [-0.05, 0) is 58.8 Å². The summed E-state index contributed by atoms with van der Waals surface area (Å²) in [5, 5.41) is 14.2. The molecule has 2 aromatic rings. The predicted octanol–water partition coefficient (Wildman–Crippen LogP) is 4.59. The number of hydrogen-bond donors (Lipinski definition) is 2. The minimum Gasteiger partial charge on any atom is -0.474 e. The van der Waals surface area contributed by atoms with Crippen LogP contribution >= 0.6 is 0 Å². The highest BCUT2D eigenvalue weighted by Gasteiger charge is 2.28. The van der Waals surface area contributed by atoms with Crippen molar-refractivity contribution >= 4 is 16.9 Å². The largest absolute Gasteiger partial charge is 0.474 e. The zero-order valence-electron chi connectivity index (χ0n) is 19.2. The molecule has 2 aliphatic rings. The number of nitrogens with zero attached hydrogens (tertiary/aromatic N) is 3. The second kappa shape index (κ2) is 9.65. The minimum atomic E-state index is -0.187. The number of aliphatic hydroxyl groups is 1. The molecule has 1 aliphatic carbocycles. The number of anilines is 1. The molecule has 4 rings (SSSR count). The van der Waals surface area contributed by atoms with E-state index in [0.717, 1.165) is 61.4 Å². The standard InChI is InChI=1S/C24H36N4O3/c1-5-14(2)27-24-26-13-21-22(28-24)20(17-6-8-18(29)9-7-17)12-25-23(21)31-19-10-15(3)30-16(4)11-19/h12-19,29H,5-11H2,1-4H3,(H,26,27,28)/t14-,15-,16+,17-,18-,19?/m0/s1. The maximum atomic E-state index is 9.95. The quantitative estimate of drug-likeness (QED) is 0.695. The molecule has 7 nitrogen and oxygen atoms in total. The molecule has 1 aliphatic heterocycles. The van der Waals surface area contributed by atoms with Gasteiger partial charge in [0.1, 0.15) is 6.10 Å². The van der Waals surface area contributed by atoms with Crippen LogP contribution in [0.2, 0.25) is 0 Å². The van der Waals surface area contributed by atoms with Gasteiger partial charge in [-0.15, -0.1) is 0 Å². The van der Waals surface area contributed by atoms with Crippen LogP contribution in [0.3, 0.4) is 0 Å². The lowest BCUT2D eigenvalue weighted by atomic mass is 9.83. The SMILES string of the molecule is CC[C@H](C)Nc1ncc2c(OC3C[C@@H](C)O[C@@H](C)C3)ncc([C@H]3CC[C@H](O)CC3)c2n1. The number of fused-ring (bicyclic) bond motifs is 1. The van der Waals surface area contributed by atoms with Crippen molar-refractivity contribution in [3.8, 4) is 5.88 Å². The monoisotopic (exact) mass is 428 g/mol. The van der Waals surface area contributed by atoms with E-state index in [0.29, 0.717) is 23.8 Å². The summed E-state index contributed by atoms with van der Waals surface area (Å²) >= 11 is 0. The molecule has 3 heterocycles. The van der Waals surface area contributed by atoms with E-state index in [1.165, 1.54) is 0 Å². The Morgan fingerprint density at radius 2 is 1.84 bits per heavy atom. The van der Waals surface area contributed by atoms with Crippen LogP contribution < -0.4 is 10.1 Å². The summed E-state index contributed by atoms with van der Waals surface area (Å²) in [6.07, 6.45) is 10.3. The highest BCUT2D eigenvalue weighted by atomic mass is 16.5. The number of rotatable bonds is 6. The molecule has 7 heteroatoms. The molecule has 170 valence electrons. The molecule has 0 bridgehead atoms. The molecule has 4 atom stereocenters. The van der Waals surface area contributed by atoms with Gasteiger partial charge in [-0.1, -0.05) is 6.92 Å². The van der Waals surface area contributed by atoms with E-state index in [-0.39, 0.29) is 24.4 Å². The normalized spacial score (nSPS) is 30.2. The Morgan fingerprint density at radius 3 is 2.52 bits per heavy atom. The fraction of sp³-hybridized carbons (Fsp3) is 0.708. The lowest BCUT2D eigenvalue weighted by Gasteiger charge is -2.32. The summed E-state index contributed by atoms with van der Waals surface area (Å²) in [6.45, 7) is 8.46. The summed E-state index contributed by atoms with van der Waals surface area (Å²) in [4.78, 5) is 14.2. The van der Waals surface area contributed by atoms with E-state index in [9.17, 15) is 5.11 Å². The number of hydrogen-bond acceptors (Lipinski definition) is 7. The number of aliphatic hydroxyl groups excluding tert-OH is 1. The molecule has 0 aromatic carbocycles. The van der Waals surface area contributed by atoms with E-state index in [2.05, 4.69) is 38.0 Å². The first-order valence-corrected chi connectivity index (χ1v) is 11.8. The summed E-state index contributed by atoms with van der Waals surface area (Å²) in [5.41, 5.74) is 2.05. The zero-order chi connectivity index (χ0) is 22.0. The van der Waals surface area contributed by atoms with Crippen molar-refractivity contribution < 1.29 is 14.6 Å². The molecule has 31 heavy (non-hydrogen) atoms. The van der Waals surface area contributed by atoms with Crippen LogP contribution in [0.15, 0.2) is 12.4 Å². The van der Waals surface area contributed by atoms with E-state index < -0.39 is 0 Å². The van der Waals surface area contributed by atoms with Crippen molar-refractivity contribution in [3.63, 3.8) is 0 Å². The van der Waals surface area contributed by atoms with E-state index in [1.54, 1.807) is 0 Å².